The summed E-state index contributed by atoms with van der Waals surface area (Å²) < 4.78 is 5.73. The lowest BCUT2D eigenvalue weighted by atomic mass is 9.97. The molecule has 0 amide bonds. The summed E-state index contributed by atoms with van der Waals surface area (Å²) in [6.07, 6.45) is 0.908. The Morgan fingerprint density at radius 3 is 2.81 bits per heavy atom. The molecule has 2 nitrogen and oxygen atoms in total. The van der Waals surface area contributed by atoms with Gasteiger partial charge in [0, 0.05) is 23.4 Å². The van der Waals surface area contributed by atoms with E-state index in [-0.39, 0.29) is 18.4 Å². The van der Waals surface area contributed by atoms with E-state index in [9.17, 15) is 0 Å². The summed E-state index contributed by atoms with van der Waals surface area (Å²) in [5.74, 6) is 0.979. The zero-order valence-electron chi connectivity index (χ0n) is 8.85. The molecular weight excluding hydrogens is 222 g/mol. The Bertz CT molecular complexity index is 512. The van der Waals surface area contributed by atoms with Gasteiger partial charge in [-0.05, 0) is 5.39 Å². The van der Waals surface area contributed by atoms with E-state index in [1.165, 1.54) is 10.8 Å². The van der Waals surface area contributed by atoms with Crippen molar-refractivity contribution in [1.82, 2.24) is 0 Å². The van der Waals surface area contributed by atoms with Gasteiger partial charge in [0.1, 0.15) is 5.75 Å². The largest absolute Gasteiger partial charge is 0.493 e. The van der Waals surface area contributed by atoms with Crippen LogP contribution in [-0.4, -0.2) is 6.61 Å². The van der Waals surface area contributed by atoms with E-state index in [1.807, 2.05) is 12.1 Å². The fourth-order valence-electron chi connectivity index (χ4n) is 2.16. The van der Waals surface area contributed by atoms with Crippen LogP contribution < -0.4 is 10.5 Å². The van der Waals surface area contributed by atoms with Crippen LogP contribution in [0.3, 0.4) is 0 Å². The number of halogens is 1. The Labute approximate surface area is 101 Å². The maximum atomic E-state index is 6.06. The van der Waals surface area contributed by atoms with Crippen molar-refractivity contribution in [3.8, 4) is 5.75 Å². The van der Waals surface area contributed by atoms with Gasteiger partial charge in [0.05, 0.1) is 6.61 Å². The average molecular weight is 236 g/mol. The number of ether oxygens (including phenoxy) is 1. The monoisotopic (exact) mass is 235 g/mol. The first kappa shape index (κ1) is 11.2. The third-order valence-corrected chi connectivity index (χ3v) is 2.98. The minimum Gasteiger partial charge on any atom is -0.493 e. The van der Waals surface area contributed by atoms with E-state index in [4.69, 9.17) is 10.5 Å². The number of rotatable bonds is 0. The van der Waals surface area contributed by atoms with Crippen LogP contribution in [0.1, 0.15) is 18.0 Å². The molecule has 1 heterocycles. The molecule has 0 radical (unpaired) electrons. The molecule has 1 aliphatic rings. The first-order chi connectivity index (χ1) is 7.36. The summed E-state index contributed by atoms with van der Waals surface area (Å²) >= 11 is 0. The second-order valence-corrected chi connectivity index (χ2v) is 3.95. The van der Waals surface area contributed by atoms with Crippen LogP contribution in [0.25, 0.3) is 10.8 Å². The molecule has 1 aliphatic heterocycles. The molecule has 2 aromatic rings. The van der Waals surface area contributed by atoms with Gasteiger partial charge < -0.3 is 10.5 Å². The standard InChI is InChI=1S/C13H13NO.ClH/c14-12-7-8-15-13-10-4-2-1-3-9(10)5-6-11(12)13;/h1-6,12H,7-8,14H2;1H/t12-;/m1./s1. The quantitative estimate of drug-likeness (QED) is 0.762. The Balaban J connectivity index is 0.000000963. The van der Waals surface area contributed by atoms with Crippen molar-refractivity contribution in [3.05, 3.63) is 42.0 Å². The predicted molar refractivity (Wildman–Crippen MR) is 68.2 cm³/mol. The maximum absolute atomic E-state index is 6.06. The number of nitrogens with two attached hydrogens (primary N) is 1. The zero-order chi connectivity index (χ0) is 10.3. The highest BCUT2D eigenvalue weighted by Gasteiger charge is 2.19. The van der Waals surface area contributed by atoms with Crippen LogP contribution in [0.4, 0.5) is 0 Å². The molecule has 16 heavy (non-hydrogen) atoms. The molecule has 0 bridgehead atoms. The highest BCUT2D eigenvalue weighted by Crippen LogP contribution is 2.36. The number of hydrogen-bond acceptors (Lipinski definition) is 2. The molecule has 0 saturated carbocycles. The summed E-state index contributed by atoms with van der Waals surface area (Å²) in [5.41, 5.74) is 7.20. The Hall–Kier alpha value is -1.25. The minimum absolute atomic E-state index is 0. The van der Waals surface area contributed by atoms with Crippen molar-refractivity contribution in [3.63, 3.8) is 0 Å². The molecule has 0 unspecified atom stereocenters. The van der Waals surface area contributed by atoms with Crippen molar-refractivity contribution < 1.29 is 4.74 Å². The fourth-order valence-corrected chi connectivity index (χ4v) is 2.16. The van der Waals surface area contributed by atoms with E-state index in [1.54, 1.807) is 0 Å². The lowest BCUT2D eigenvalue weighted by molar-refractivity contribution is 0.272. The second-order valence-electron chi connectivity index (χ2n) is 3.95. The third-order valence-electron chi connectivity index (χ3n) is 2.98. The van der Waals surface area contributed by atoms with Gasteiger partial charge >= 0.3 is 0 Å². The predicted octanol–water partition coefficient (Wildman–Crippen LogP) is 3.04. The maximum Gasteiger partial charge on any atom is 0.131 e. The van der Waals surface area contributed by atoms with Crippen molar-refractivity contribution in [2.75, 3.05) is 6.61 Å². The SMILES string of the molecule is Cl.N[C@@H]1CCOc2c1ccc1ccccc21. The normalized spacial score (nSPS) is 18.4. The van der Waals surface area contributed by atoms with E-state index in [0.717, 1.165) is 24.3 Å². The topological polar surface area (TPSA) is 35.2 Å². The minimum atomic E-state index is 0. The Kier molecular flexibility index (Phi) is 3.03. The van der Waals surface area contributed by atoms with E-state index in [0.29, 0.717) is 0 Å². The van der Waals surface area contributed by atoms with Gasteiger partial charge in [0.25, 0.3) is 0 Å². The van der Waals surface area contributed by atoms with Crippen molar-refractivity contribution in [2.45, 2.75) is 12.5 Å². The molecule has 84 valence electrons. The second kappa shape index (κ2) is 4.32. The van der Waals surface area contributed by atoms with Gasteiger partial charge in [-0.15, -0.1) is 12.4 Å². The molecule has 2 aromatic carbocycles. The molecule has 0 aromatic heterocycles. The molecule has 0 aliphatic carbocycles. The van der Waals surface area contributed by atoms with E-state index < -0.39 is 0 Å². The van der Waals surface area contributed by atoms with Crippen molar-refractivity contribution in [2.24, 2.45) is 5.73 Å². The van der Waals surface area contributed by atoms with Crippen LogP contribution in [0.5, 0.6) is 5.75 Å². The van der Waals surface area contributed by atoms with Crippen LogP contribution in [0, 0.1) is 0 Å². The first-order valence-electron chi connectivity index (χ1n) is 5.26. The van der Waals surface area contributed by atoms with Gasteiger partial charge in [-0.1, -0.05) is 36.4 Å². The van der Waals surface area contributed by atoms with Crippen LogP contribution in [-0.2, 0) is 0 Å². The summed E-state index contributed by atoms with van der Waals surface area (Å²) in [6.45, 7) is 0.724. The van der Waals surface area contributed by atoms with Gasteiger partial charge in [-0.25, -0.2) is 0 Å². The summed E-state index contributed by atoms with van der Waals surface area (Å²) in [6, 6.07) is 12.6. The molecule has 0 fully saturated rings. The molecular formula is C13H14ClNO. The van der Waals surface area contributed by atoms with E-state index >= 15 is 0 Å². The Morgan fingerprint density at radius 1 is 1.12 bits per heavy atom. The molecule has 1 atom stereocenters. The summed E-state index contributed by atoms with van der Waals surface area (Å²) in [4.78, 5) is 0. The van der Waals surface area contributed by atoms with Gasteiger partial charge in [0.15, 0.2) is 0 Å². The lowest BCUT2D eigenvalue weighted by Crippen LogP contribution is -2.20. The van der Waals surface area contributed by atoms with Gasteiger partial charge in [-0.2, -0.15) is 0 Å². The molecule has 0 spiro atoms. The highest BCUT2D eigenvalue weighted by molar-refractivity contribution is 5.89. The molecule has 0 saturated heterocycles. The van der Waals surface area contributed by atoms with Crippen LogP contribution >= 0.6 is 12.4 Å². The summed E-state index contributed by atoms with van der Waals surface area (Å²) in [5, 5.41) is 2.38. The van der Waals surface area contributed by atoms with Crippen molar-refractivity contribution >= 4 is 23.2 Å². The number of hydrogen-bond donors (Lipinski definition) is 1. The van der Waals surface area contributed by atoms with Crippen molar-refractivity contribution in [1.29, 1.82) is 0 Å². The third kappa shape index (κ3) is 1.64. The summed E-state index contributed by atoms with van der Waals surface area (Å²) in [7, 11) is 0. The highest BCUT2D eigenvalue weighted by atomic mass is 35.5. The van der Waals surface area contributed by atoms with Crippen LogP contribution in [0.15, 0.2) is 36.4 Å². The number of benzene rings is 2. The molecule has 2 N–H and O–H groups in total. The zero-order valence-corrected chi connectivity index (χ0v) is 9.67. The van der Waals surface area contributed by atoms with Crippen LogP contribution in [0.2, 0.25) is 0 Å². The van der Waals surface area contributed by atoms with E-state index in [2.05, 4.69) is 24.3 Å². The lowest BCUT2D eigenvalue weighted by Gasteiger charge is -2.24. The first-order valence-corrected chi connectivity index (χ1v) is 5.26. The fraction of sp³-hybridized carbons (Fsp3) is 0.231. The molecule has 3 heteroatoms. The molecule has 3 rings (SSSR count). The smallest absolute Gasteiger partial charge is 0.131 e. The van der Waals surface area contributed by atoms with Gasteiger partial charge in [0.2, 0.25) is 0 Å². The Morgan fingerprint density at radius 2 is 1.94 bits per heavy atom. The number of fused-ring (bicyclic) bond motifs is 3. The average Bonchev–Trinajstić information content (AvgIpc) is 2.29. The van der Waals surface area contributed by atoms with Gasteiger partial charge in [-0.3, -0.25) is 0 Å².